The number of benzene rings is 2. The number of amides is 1. The van der Waals surface area contributed by atoms with Crippen LogP contribution in [-0.4, -0.2) is 27.5 Å². The second-order valence-electron chi connectivity index (χ2n) is 10.3. The number of hydrogen-bond acceptors (Lipinski definition) is 4. The fourth-order valence-corrected chi connectivity index (χ4v) is 5.25. The minimum absolute atomic E-state index is 0.0832. The number of rotatable bonds is 7. The van der Waals surface area contributed by atoms with Crippen molar-refractivity contribution in [2.45, 2.75) is 57.3 Å². The molecular formula is C31H30F3N3O3. The van der Waals surface area contributed by atoms with Gasteiger partial charge in [0.2, 0.25) is 0 Å². The zero-order valence-electron chi connectivity index (χ0n) is 22.0. The van der Waals surface area contributed by atoms with E-state index in [2.05, 4.69) is 10.4 Å². The topological polar surface area (TPSA) is 72.7 Å². The maximum absolute atomic E-state index is 13.3. The first-order valence-corrected chi connectivity index (χ1v) is 13.4. The second kappa shape index (κ2) is 11.5. The van der Waals surface area contributed by atoms with Crippen molar-refractivity contribution >= 4 is 17.4 Å². The lowest BCUT2D eigenvalue weighted by atomic mass is 9.86. The first-order chi connectivity index (χ1) is 19.2. The van der Waals surface area contributed by atoms with E-state index in [9.17, 15) is 22.8 Å². The van der Waals surface area contributed by atoms with E-state index in [1.165, 1.54) is 18.3 Å². The lowest BCUT2D eigenvalue weighted by molar-refractivity contribution is -0.154. The Labute approximate surface area is 230 Å². The summed E-state index contributed by atoms with van der Waals surface area (Å²) in [7, 11) is 0. The highest BCUT2D eigenvalue weighted by Gasteiger charge is 2.31. The number of nitrogens with one attached hydrogen (secondary N) is 1. The van der Waals surface area contributed by atoms with Gasteiger partial charge in [0.05, 0.1) is 28.8 Å². The highest BCUT2D eigenvalue weighted by molar-refractivity contribution is 6.01. The summed E-state index contributed by atoms with van der Waals surface area (Å²) in [4.78, 5) is 26.0. The van der Waals surface area contributed by atoms with Gasteiger partial charge in [-0.05, 0) is 73.9 Å². The molecule has 208 valence electrons. The van der Waals surface area contributed by atoms with Gasteiger partial charge in [-0.2, -0.15) is 18.3 Å². The molecular weight excluding hydrogens is 519 g/mol. The summed E-state index contributed by atoms with van der Waals surface area (Å²) < 4.78 is 46.1. The molecule has 1 N–H and O–H groups in total. The van der Waals surface area contributed by atoms with E-state index in [1.807, 2.05) is 43.3 Å². The van der Waals surface area contributed by atoms with Crippen molar-refractivity contribution in [2.75, 3.05) is 0 Å². The highest BCUT2D eigenvalue weighted by atomic mass is 19.4. The summed E-state index contributed by atoms with van der Waals surface area (Å²) in [5.41, 5.74) is 2.74. The Morgan fingerprint density at radius 3 is 2.38 bits per heavy atom. The van der Waals surface area contributed by atoms with Crippen LogP contribution >= 0.6 is 0 Å². The maximum Gasteiger partial charge on any atom is 0.416 e. The first kappa shape index (κ1) is 27.4. The number of nitrogens with zero attached hydrogens (tertiary/aromatic N) is 2. The third-order valence-electron chi connectivity index (χ3n) is 7.50. The van der Waals surface area contributed by atoms with Crippen LogP contribution in [0.15, 0.2) is 79.1 Å². The summed E-state index contributed by atoms with van der Waals surface area (Å²) in [5.74, 6) is -0.679. The second-order valence-corrected chi connectivity index (χ2v) is 10.3. The summed E-state index contributed by atoms with van der Waals surface area (Å²) in [6, 6.07) is 18.2. The van der Waals surface area contributed by atoms with Gasteiger partial charge in [0.1, 0.15) is 6.10 Å². The number of pyridine rings is 1. The van der Waals surface area contributed by atoms with Crippen molar-refractivity contribution in [3.63, 3.8) is 0 Å². The van der Waals surface area contributed by atoms with Crippen LogP contribution in [0.2, 0.25) is 0 Å². The number of aromatic nitrogens is 2. The van der Waals surface area contributed by atoms with Crippen LogP contribution in [0.3, 0.4) is 0 Å². The van der Waals surface area contributed by atoms with Gasteiger partial charge in [-0.3, -0.25) is 9.59 Å². The van der Waals surface area contributed by atoms with Gasteiger partial charge in [0, 0.05) is 12.2 Å². The van der Waals surface area contributed by atoms with Gasteiger partial charge in [0.25, 0.3) is 5.91 Å². The van der Waals surface area contributed by atoms with Crippen LogP contribution in [0.1, 0.15) is 71.3 Å². The predicted molar refractivity (Wildman–Crippen MR) is 144 cm³/mol. The van der Waals surface area contributed by atoms with Crippen LogP contribution in [0, 0.1) is 5.92 Å². The minimum atomic E-state index is -4.39. The molecule has 6 nitrogen and oxygen atoms in total. The third-order valence-corrected chi connectivity index (χ3v) is 7.50. The van der Waals surface area contributed by atoms with Crippen LogP contribution in [0.4, 0.5) is 13.2 Å². The number of alkyl halides is 3. The Morgan fingerprint density at radius 2 is 1.70 bits per heavy atom. The predicted octanol–water partition coefficient (Wildman–Crippen LogP) is 6.54. The fraction of sp³-hybridized carbons (Fsp3) is 0.323. The number of fused-ring (bicyclic) bond motifs is 1. The summed E-state index contributed by atoms with van der Waals surface area (Å²) in [6.07, 6.45) is 1.44. The van der Waals surface area contributed by atoms with Crippen LogP contribution in [0.25, 0.3) is 5.52 Å². The molecule has 1 fully saturated rings. The fourth-order valence-electron chi connectivity index (χ4n) is 5.25. The van der Waals surface area contributed by atoms with Crippen LogP contribution in [-0.2, 0) is 22.1 Å². The smallest absolute Gasteiger partial charge is 0.416 e. The molecule has 1 atom stereocenters. The monoisotopic (exact) mass is 549 g/mol. The molecule has 1 aliphatic rings. The van der Waals surface area contributed by atoms with Crippen LogP contribution in [0.5, 0.6) is 0 Å². The maximum atomic E-state index is 13.3. The average molecular weight is 550 g/mol. The Kier molecular flexibility index (Phi) is 7.91. The molecule has 2 aromatic carbocycles. The quantitative estimate of drug-likeness (QED) is 0.266. The van der Waals surface area contributed by atoms with E-state index < -0.39 is 11.7 Å². The molecule has 2 aromatic heterocycles. The molecule has 0 aliphatic heterocycles. The standard InChI is InChI=1S/C31H30F3N3O3/c1-20(22-6-3-2-4-7-22)40-30(39)23-11-15-26(16-12-23)36-29(38)27-19-35-37-17-5-8-24(28(27)37)18-21-9-13-25(14-10-21)31(32,33)34/h2-10,13-14,17,19-20,23,26H,11-12,15-16,18H2,1H3,(H,36,38)/t20-,23-,26+/m0/s1. The molecule has 0 saturated heterocycles. The molecule has 0 unspecified atom stereocenters. The molecule has 40 heavy (non-hydrogen) atoms. The van der Waals surface area contributed by atoms with Gasteiger partial charge in [0.15, 0.2) is 0 Å². The molecule has 9 heteroatoms. The lowest BCUT2D eigenvalue weighted by Crippen LogP contribution is -2.39. The number of carbonyl (C=O) groups is 2. The molecule has 2 heterocycles. The normalized spacial score (nSPS) is 18.3. The van der Waals surface area contributed by atoms with E-state index >= 15 is 0 Å². The van der Waals surface area contributed by atoms with Gasteiger partial charge >= 0.3 is 12.1 Å². The van der Waals surface area contributed by atoms with E-state index in [0.29, 0.717) is 48.7 Å². The van der Waals surface area contributed by atoms with Crippen LogP contribution < -0.4 is 5.32 Å². The van der Waals surface area contributed by atoms with Gasteiger partial charge in [-0.1, -0.05) is 48.5 Å². The molecule has 1 saturated carbocycles. The molecule has 4 aromatic rings. The Balaban J connectivity index is 1.21. The number of hydrogen-bond donors (Lipinski definition) is 1. The third kappa shape index (κ3) is 6.19. The van der Waals surface area contributed by atoms with E-state index in [4.69, 9.17) is 4.74 Å². The summed E-state index contributed by atoms with van der Waals surface area (Å²) >= 11 is 0. The Hall–Kier alpha value is -4.14. The van der Waals surface area contributed by atoms with Crippen molar-refractivity contribution < 1.29 is 27.5 Å². The van der Waals surface area contributed by atoms with Crippen molar-refractivity contribution in [2.24, 2.45) is 5.92 Å². The molecule has 0 bridgehead atoms. The summed E-state index contributed by atoms with van der Waals surface area (Å²) in [6.45, 7) is 1.86. The molecule has 0 radical (unpaired) electrons. The number of ether oxygens (including phenoxy) is 1. The van der Waals surface area contributed by atoms with E-state index in [0.717, 1.165) is 23.3 Å². The SMILES string of the molecule is C[C@H](OC(=O)[C@H]1CC[C@@H](NC(=O)c2cnn3cccc(Cc4ccc(C(F)(F)F)cc4)c23)CC1)c1ccccc1. The molecule has 5 rings (SSSR count). The van der Waals surface area contributed by atoms with Crippen molar-refractivity contribution in [1.29, 1.82) is 0 Å². The van der Waals surface area contributed by atoms with E-state index in [1.54, 1.807) is 16.8 Å². The average Bonchev–Trinajstić information content (AvgIpc) is 3.39. The lowest BCUT2D eigenvalue weighted by Gasteiger charge is -2.28. The zero-order chi connectivity index (χ0) is 28.3. The number of halogens is 3. The van der Waals surface area contributed by atoms with Gasteiger partial charge in [-0.25, -0.2) is 4.52 Å². The van der Waals surface area contributed by atoms with Gasteiger partial charge in [-0.15, -0.1) is 0 Å². The largest absolute Gasteiger partial charge is 0.458 e. The number of esters is 1. The zero-order valence-corrected chi connectivity index (χ0v) is 22.0. The van der Waals surface area contributed by atoms with Crippen molar-refractivity contribution in [3.8, 4) is 0 Å². The Bertz CT molecular complexity index is 1470. The van der Waals surface area contributed by atoms with Crippen molar-refractivity contribution in [1.82, 2.24) is 14.9 Å². The Morgan fingerprint density at radius 1 is 1.00 bits per heavy atom. The minimum Gasteiger partial charge on any atom is -0.458 e. The van der Waals surface area contributed by atoms with Gasteiger partial charge < -0.3 is 10.1 Å². The van der Waals surface area contributed by atoms with E-state index in [-0.39, 0.29) is 29.9 Å². The highest BCUT2D eigenvalue weighted by Crippen LogP contribution is 2.31. The first-order valence-electron chi connectivity index (χ1n) is 13.4. The van der Waals surface area contributed by atoms with Crippen molar-refractivity contribution in [3.05, 3.63) is 107 Å². The molecule has 0 spiro atoms. The molecule has 1 amide bonds. The number of carbonyl (C=O) groups excluding carboxylic acids is 2. The summed E-state index contributed by atoms with van der Waals surface area (Å²) in [5, 5.41) is 7.40. The molecule has 1 aliphatic carbocycles.